The highest BCUT2D eigenvalue weighted by Gasteiger charge is 2.34. The summed E-state index contributed by atoms with van der Waals surface area (Å²) in [5.41, 5.74) is 0. The summed E-state index contributed by atoms with van der Waals surface area (Å²) in [6.45, 7) is 6.29. The lowest BCUT2D eigenvalue weighted by Gasteiger charge is -2.34. The van der Waals surface area contributed by atoms with Crippen molar-refractivity contribution in [2.24, 2.45) is 0 Å². The highest BCUT2D eigenvalue weighted by atomic mass is 16.8. The molecule has 0 aromatic carbocycles. The molecule has 5 nitrogen and oxygen atoms in total. The quantitative estimate of drug-likeness (QED) is 0.671. The van der Waals surface area contributed by atoms with Crippen molar-refractivity contribution >= 4 is 5.97 Å². The van der Waals surface area contributed by atoms with Gasteiger partial charge in [0, 0.05) is 26.6 Å². The highest BCUT2D eigenvalue weighted by molar-refractivity contribution is 5.66. The van der Waals surface area contributed by atoms with Crippen LogP contribution < -0.4 is 0 Å². The third-order valence-electron chi connectivity index (χ3n) is 2.28. The van der Waals surface area contributed by atoms with Crippen LogP contribution in [0.25, 0.3) is 0 Å². The first kappa shape index (κ1) is 13.4. The summed E-state index contributed by atoms with van der Waals surface area (Å²) in [6.07, 6.45) is 0.325. The monoisotopic (exact) mass is 232 g/mol. The Morgan fingerprint density at radius 3 is 2.50 bits per heavy atom. The van der Waals surface area contributed by atoms with Crippen molar-refractivity contribution in [3.05, 3.63) is 0 Å². The molecule has 0 saturated carbocycles. The Balaban J connectivity index is 2.48. The summed E-state index contributed by atoms with van der Waals surface area (Å²) in [5, 5.41) is 0. The van der Waals surface area contributed by atoms with E-state index >= 15 is 0 Å². The Labute approximate surface area is 96.0 Å². The predicted octanol–water partition coefficient (Wildman–Crippen LogP) is 1.45. The van der Waals surface area contributed by atoms with Gasteiger partial charge in [0.25, 0.3) is 0 Å². The predicted molar refractivity (Wildman–Crippen MR) is 56.7 cm³/mol. The molecule has 1 aliphatic heterocycles. The molecule has 1 fully saturated rings. The van der Waals surface area contributed by atoms with E-state index in [4.69, 9.17) is 18.9 Å². The lowest BCUT2D eigenvalue weighted by Crippen LogP contribution is -2.43. The van der Waals surface area contributed by atoms with Gasteiger partial charge < -0.3 is 18.9 Å². The second-order valence-electron chi connectivity index (χ2n) is 3.57. The van der Waals surface area contributed by atoms with E-state index in [1.807, 2.05) is 13.8 Å². The van der Waals surface area contributed by atoms with Crippen LogP contribution in [-0.4, -0.2) is 37.9 Å². The van der Waals surface area contributed by atoms with Crippen LogP contribution >= 0.6 is 0 Å². The number of hydrogen-bond acceptors (Lipinski definition) is 5. The van der Waals surface area contributed by atoms with Gasteiger partial charge in [-0.05, 0) is 20.3 Å². The van der Waals surface area contributed by atoms with Gasteiger partial charge in [0.15, 0.2) is 18.7 Å². The molecule has 1 heterocycles. The summed E-state index contributed by atoms with van der Waals surface area (Å²) in [6, 6.07) is 0. The summed E-state index contributed by atoms with van der Waals surface area (Å²) in [7, 11) is 0. The van der Waals surface area contributed by atoms with E-state index in [0.29, 0.717) is 19.6 Å². The van der Waals surface area contributed by atoms with Crippen molar-refractivity contribution in [3.63, 3.8) is 0 Å². The molecule has 0 radical (unpaired) electrons. The molecule has 0 N–H and O–H groups in total. The molecule has 0 aliphatic carbocycles. The average molecular weight is 232 g/mol. The Morgan fingerprint density at radius 2 is 1.94 bits per heavy atom. The number of hydrogen-bond donors (Lipinski definition) is 0. The zero-order chi connectivity index (χ0) is 12.0. The Hall–Kier alpha value is -0.650. The fourth-order valence-corrected chi connectivity index (χ4v) is 1.69. The maximum atomic E-state index is 10.9. The number of carbonyl (C=O) groups excluding carboxylic acids is 1. The lowest BCUT2D eigenvalue weighted by atomic mass is 10.1. The van der Waals surface area contributed by atoms with E-state index in [2.05, 4.69) is 0 Å². The topological polar surface area (TPSA) is 54.0 Å². The lowest BCUT2D eigenvalue weighted by molar-refractivity contribution is -0.298. The van der Waals surface area contributed by atoms with Crippen molar-refractivity contribution in [1.82, 2.24) is 0 Å². The molecule has 1 aliphatic rings. The summed E-state index contributed by atoms with van der Waals surface area (Å²) in [5.74, 6) is -0.312. The van der Waals surface area contributed by atoms with E-state index in [1.165, 1.54) is 6.92 Å². The summed E-state index contributed by atoms with van der Waals surface area (Å²) < 4.78 is 21.5. The van der Waals surface area contributed by atoms with E-state index < -0.39 is 6.29 Å². The summed E-state index contributed by atoms with van der Waals surface area (Å²) in [4.78, 5) is 10.9. The van der Waals surface area contributed by atoms with Crippen LogP contribution in [0.5, 0.6) is 0 Å². The molecule has 1 unspecified atom stereocenters. The van der Waals surface area contributed by atoms with Crippen molar-refractivity contribution in [3.8, 4) is 0 Å². The van der Waals surface area contributed by atoms with E-state index in [-0.39, 0.29) is 18.4 Å². The molecule has 94 valence electrons. The summed E-state index contributed by atoms with van der Waals surface area (Å²) >= 11 is 0. The van der Waals surface area contributed by atoms with Gasteiger partial charge in [0.05, 0.1) is 0 Å². The van der Waals surface area contributed by atoms with Gasteiger partial charge in [0.2, 0.25) is 0 Å². The zero-order valence-electron chi connectivity index (χ0n) is 10.1. The number of carbonyl (C=O) groups is 1. The third kappa shape index (κ3) is 4.08. The Kier molecular flexibility index (Phi) is 5.73. The van der Waals surface area contributed by atoms with Gasteiger partial charge in [-0.3, -0.25) is 4.79 Å². The smallest absolute Gasteiger partial charge is 0.303 e. The first-order valence-electron chi connectivity index (χ1n) is 5.73. The molecule has 0 bridgehead atoms. The zero-order valence-corrected chi connectivity index (χ0v) is 10.1. The molecular weight excluding hydrogens is 212 g/mol. The maximum absolute atomic E-state index is 10.9. The van der Waals surface area contributed by atoms with Crippen molar-refractivity contribution in [1.29, 1.82) is 0 Å². The van der Waals surface area contributed by atoms with Crippen LogP contribution in [0.3, 0.4) is 0 Å². The van der Waals surface area contributed by atoms with Gasteiger partial charge in [-0.2, -0.15) is 0 Å². The highest BCUT2D eigenvalue weighted by Crippen LogP contribution is 2.23. The minimum absolute atomic E-state index is 0.256. The number of esters is 1. The van der Waals surface area contributed by atoms with Crippen molar-refractivity contribution in [2.45, 2.75) is 52.3 Å². The largest absolute Gasteiger partial charge is 0.457 e. The molecule has 1 saturated heterocycles. The van der Waals surface area contributed by atoms with Crippen LogP contribution in [0.4, 0.5) is 0 Å². The molecule has 0 spiro atoms. The van der Waals surface area contributed by atoms with Crippen LogP contribution in [0.1, 0.15) is 33.6 Å². The molecule has 0 amide bonds. The van der Waals surface area contributed by atoms with Crippen LogP contribution in [0.2, 0.25) is 0 Å². The molecule has 16 heavy (non-hydrogen) atoms. The minimum atomic E-state index is -0.515. The molecular formula is C11H20O5. The fraction of sp³-hybridized carbons (Fsp3) is 0.909. The Bertz CT molecular complexity index is 218. The van der Waals surface area contributed by atoms with Gasteiger partial charge in [-0.1, -0.05) is 0 Å². The molecule has 0 aromatic rings. The van der Waals surface area contributed by atoms with Gasteiger partial charge in [-0.25, -0.2) is 0 Å². The fourth-order valence-electron chi connectivity index (χ4n) is 1.69. The minimum Gasteiger partial charge on any atom is -0.457 e. The normalized spacial score (nSPS) is 30.1. The molecule has 1 rings (SSSR count). The second-order valence-corrected chi connectivity index (χ2v) is 3.57. The van der Waals surface area contributed by atoms with E-state index in [9.17, 15) is 4.79 Å². The van der Waals surface area contributed by atoms with Crippen molar-refractivity contribution < 1.29 is 23.7 Å². The van der Waals surface area contributed by atoms with Crippen LogP contribution in [0.15, 0.2) is 0 Å². The first-order chi connectivity index (χ1) is 7.67. The standard InChI is InChI=1S/C11H20O5/c1-4-13-10-7-6-9(15-8(3)12)11(16-10)14-5-2/h9-11H,4-7H2,1-3H3/t9-,10?,11-/m1/s1. The van der Waals surface area contributed by atoms with Gasteiger partial charge >= 0.3 is 5.97 Å². The van der Waals surface area contributed by atoms with Crippen molar-refractivity contribution in [2.75, 3.05) is 13.2 Å². The number of ether oxygens (including phenoxy) is 4. The third-order valence-corrected chi connectivity index (χ3v) is 2.28. The van der Waals surface area contributed by atoms with Crippen LogP contribution in [0, 0.1) is 0 Å². The van der Waals surface area contributed by atoms with Gasteiger partial charge in [0.1, 0.15) is 0 Å². The SMILES string of the molecule is CCOC1CC[C@@H](OC(C)=O)[C@H](OCC)O1. The Morgan fingerprint density at radius 1 is 1.25 bits per heavy atom. The second kappa shape index (κ2) is 6.83. The molecule has 5 heteroatoms. The van der Waals surface area contributed by atoms with Crippen LogP contribution in [-0.2, 0) is 23.7 Å². The molecule has 3 atom stereocenters. The first-order valence-corrected chi connectivity index (χ1v) is 5.73. The number of rotatable bonds is 5. The maximum Gasteiger partial charge on any atom is 0.303 e. The average Bonchev–Trinajstić information content (AvgIpc) is 2.22. The molecule has 0 aromatic heterocycles. The van der Waals surface area contributed by atoms with E-state index in [0.717, 1.165) is 6.42 Å². The van der Waals surface area contributed by atoms with Gasteiger partial charge in [-0.15, -0.1) is 0 Å². The van der Waals surface area contributed by atoms with E-state index in [1.54, 1.807) is 0 Å².